The number of carboxylic acids is 1. The van der Waals surface area contributed by atoms with Crippen LogP contribution < -0.4 is 4.74 Å². The predicted molar refractivity (Wildman–Crippen MR) is 68.0 cm³/mol. The number of halogens is 1. The number of carboxylic acid groups (broad SMARTS) is 1. The van der Waals surface area contributed by atoms with Gasteiger partial charge in [-0.2, -0.15) is 4.98 Å². The fraction of sp³-hybridized carbons (Fsp3) is 0.0909. The van der Waals surface area contributed by atoms with Crippen molar-refractivity contribution < 1.29 is 14.6 Å². The van der Waals surface area contributed by atoms with Crippen molar-refractivity contribution in [1.29, 1.82) is 0 Å². The van der Waals surface area contributed by atoms with Gasteiger partial charge in [-0.05, 0) is 34.5 Å². The maximum Gasteiger partial charge on any atom is 0.348 e. The summed E-state index contributed by atoms with van der Waals surface area (Å²) in [7, 11) is 0. The third-order valence-electron chi connectivity index (χ3n) is 2.05. The van der Waals surface area contributed by atoms with E-state index in [0.717, 1.165) is 16.9 Å². The summed E-state index contributed by atoms with van der Waals surface area (Å²) in [5.74, 6) is -0.348. The number of aryl methyl sites for hydroxylation is 1. The first-order chi connectivity index (χ1) is 8.08. The van der Waals surface area contributed by atoms with Crippen molar-refractivity contribution in [2.24, 2.45) is 0 Å². The van der Waals surface area contributed by atoms with Gasteiger partial charge in [-0.15, -0.1) is 0 Å². The van der Waals surface area contributed by atoms with Crippen LogP contribution in [0.1, 0.15) is 15.2 Å². The molecule has 0 fully saturated rings. The molecule has 0 bridgehead atoms. The molecule has 0 unspecified atom stereocenters. The first-order valence-corrected chi connectivity index (χ1v) is 6.32. The van der Waals surface area contributed by atoms with Crippen molar-refractivity contribution in [3.8, 4) is 10.9 Å². The molecule has 1 heterocycles. The number of carbonyl (C=O) groups is 1. The molecule has 2 rings (SSSR count). The van der Waals surface area contributed by atoms with Crippen molar-refractivity contribution in [1.82, 2.24) is 4.98 Å². The largest absolute Gasteiger partial charge is 0.477 e. The number of hydrogen-bond donors (Lipinski definition) is 1. The summed E-state index contributed by atoms with van der Waals surface area (Å²) >= 11 is 4.08. The van der Waals surface area contributed by atoms with Crippen LogP contribution in [0.4, 0.5) is 0 Å². The van der Waals surface area contributed by atoms with Gasteiger partial charge in [0.2, 0.25) is 0 Å². The summed E-state index contributed by atoms with van der Waals surface area (Å²) in [6, 6.07) is 7.48. The highest BCUT2D eigenvalue weighted by molar-refractivity contribution is 9.10. The summed E-state index contributed by atoms with van der Waals surface area (Å²) in [6.07, 6.45) is 0. The van der Waals surface area contributed by atoms with Gasteiger partial charge in [0.05, 0.1) is 0 Å². The second-order valence-electron chi connectivity index (χ2n) is 3.27. The lowest BCUT2D eigenvalue weighted by atomic mass is 10.2. The molecule has 0 atom stereocenters. The van der Waals surface area contributed by atoms with Crippen LogP contribution in [0.25, 0.3) is 0 Å². The Bertz CT molecular complexity index is 568. The van der Waals surface area contributed by atoms with Gasteiger partial charge in [0, 0.05) is 0 Å². The maximum atomic E-state index is 10.8. The summed E-state index contributed by atoms with van der Waals surface area (Å²) in [6.45, 7) is 1.91. The molecule has 0 aliphatic heterocycles. The highest BCUT2D eigenvalue weighted by atomic mass is 79.9. The van der Waals surface area contributed by atoms with Gasteiger partial charge in [-0.25, -0.2) is 4.79 Å². The Balaban J connectivity index is 2.28. The number of nitrogens with zero attached hydrogens (tertiary/aromatic N) is 1. The fourth-order valence-electron chi connectivity index (χ4n) is 1.22. The predicted octanol–water partition coefficient (Wildman–Crippen LogP) is 3.70. The second kappa shape index (κ2) is 4.85. The molecule has 0 saturated heterocycles. The molecule has 0 radical (unpaired) electrons. The van der Waals surface area contributed by atoms with Gasteiger partial charge in [0.1, 0.15) is 15.2 Å². The highest BCUT2D eigenvalue weighted by Gasteiger charge is 2.16. The molecular weight excluding hydrogens is 306 g/mol. The minimum absolute atomic E-state index is 0.133. The summed E-state index contributed by atoms with van der Waals surface area (Å²) in [4.78, 5) is 15.0. The van der Waals surface area contributed by atoms with E-state index >= 15 is 0 Å². The van der Waals surface area contributed by atoms with Gasteiger partial charge in [-0.1, -0.05) is 29.5 Å². The van der Waals surface area contributed by atoms with E-state index in [-0.39, 0.29) is 4.88 Å². The molecule has 17 heavy (non-hydrogen) atoms. The second-order valence-corrected chi connectivity index (χ2v) is 4.99. The molecule has 0 amide bonds. The molecule has 2 aromatic rings. The van der Waals surface area contributed by atoms with Crippen LogP contribution in [0.15, 0.2) is 28.9 Å². The third-order valence-corrected chi connectivity index (χ3v) is 3.81. The molecule has 1 aromatic heterocycles. The van der Waals surface area contributed by atoms with Crippen LogP contribution in [0.2, 0.25) is 0 Å². The molecule has 1 aromatic carbocycles. The SMILES string of the molecule is Cc1ccccc1Oc1nc(Br)c(C(=O)O)s1. The number of benzene rings is 1. The van der Waals surface area contributed by atoms with Crippen molar-refractivity contribution in [3.63, 3.8) is 0 Å². The monoisotopic (exact) mass is 313 g/mol. The number of hydrogen-bond acceptors (Lipinski definition) is 4. The minimum Gasteiger partial charge on any atom is -0.477 e. The molecule has 4 nitrogen and oxygen atoms in total. The van der Waals surface area contributed by atoms with Crippen molar-refractivity contribution in [2.45, 2.75) is 6.92 Å². The Morgan fingerprint density at radius 3 is 2.76 bits per heavy atom. The summed E-state index contributed by atoms with van der Waals surface area (Å²) in [5.41, 5.74) is 0.968. The van der Waals surface area contributed by atoms with E-state index in [4.69, 9.17) is 9.84 Å². The Morgan fingerprint density at radius 2 is 2.18 bits per heavy atom. The molecule has 0 saturated carbocycles. The van der Waals surface area contributed by atoms with Gasteiger partial charge >= 0.3 is 5.97 Å². The summed E-state index contributed by atoms with van der Waals surface area (Å²) < 4.78 is 5.83. The van der Waals surface area contributed by atoms with Crippen LogP contribution in [0.5, 0.6) is 10.9 Å². The molecule has 0 spiro atoms. The zero-order valence-corrected chi connectivity index (χ0v) is 11.2. The first kappa shape index (κ1) is 12.1. The molecule has 6 heteroatoms. The zero-order chi connectivity index (χ0) is 12.4. The Labute approximate surface area is 110 Å². The first-order valence-electron chi connectivity index (χ1n) is 4.71. The number of aromatic nitrogens is 1. The lowest BCUT2D eigenvalue weighted by molar-refractivity contribution is 0.0701. The van der Waals surface area contributed by atoms with E-state index in [1.807, 2.05) is 31.2 Å². The molecule has 88 valence electrons. The number of rotatable bonds is 3. The van der Waals surface area contributed by atoms with Gasteiger partial charge < -0.3 is 9.84 Å². The van der Waals surface area contributed by atoms with E-state index in [1.54, 1.807) is 0 Å². The van der Waals surface area contributed by atoms with E-state index in [1.165, 1.54) is 0 Å². The lowest BCUT2D eigenvalue weighted by Crippen LogP contribution is -1.91. The number of aromatic carboxylic acids is 1. The highest BCUT2D eigenvalue weighted by Crippen LogP contribution is 2.33. The molecule has 0 aliphatic rings. The van der Waals surface area contributed by atoms with Crippen LogP contribution in [-0.4, -0.2) is 16.1 Å². The summed E-state index contributed by atoms with van der Waals surface area (Å²) in [5, 5.41) is 9.19. The van der Waals surface area contributed by atoms with Gasteiger partial charge in [0.15, 0.2) is 0 Å². The fourth-order valence-corrected chi connectivity index (χ4v) is 2.57. The topological polar surface area (TPSA) is 59.4 Å². The van der Waals surface area contributed by atoms with E-state index in [0.29, 0.717) is 15.5 Å². The van der Waals surface area contributed by atoms with Crippen molar-refractivity contribution in [3.05, 3.63) is 39.3 Å². The van der Waals surface area contributed by atoms with E-state index < -0.39 is 5.97 Å². The van der Waals surface area contributed by atoms with Gasteiger partial charge in [-0.3, -0.25) is 0 Å². The van der Waals surface area contributed by atoms with E-state index in [2.05, 4.69) is 20.9 Å². The van der Waals surface area contributed by atoms with Crippen molar-refractivity contribution in [2.75, 3.05) is 0 Å². The van der Waals surface area contributed by atoms with E-state index in [9.17, 15) is 4.79 Å². The Hall–Kier alpha value is -1.40. The average molecular weight is 314 g/mol. The van der Waals surface area contributed by atoms with Crippen LogP contribution in [-0.2, 0) is 0 Å². The van der Waals surface area contributed by atoms with Crippen LogP contribution in [0.3, 0.4) is 0 Å². The zero-order valence-electron chi connectivity index (χ0n) is 8.81. The Kier molecular flexibility index (Phi) is 3.44. The maximum absolute atomic E-state index is 10.8. The number of thiazole rings is 1. The van der Waals surface area contributed by atoms with Crippen LogP contribution in [0, 0.1) is 6.92 Å². The average Bonchev–Trinajstić information content (AvgIpc) is 2.63. The van der Waals surface area contributed by atoms with Crippen LogP contribution >= 0.6 is 27.3 Å². The number of para-hydroxylation sites is 1. The normalized spacial score (nSPS) is 10.2. The van der Waals surface area contributed by atoms with Gasteiger partial charge in [0.25, 0.3) is 5.19 Å². The Morgan fingerprint density at radius 1 is 1.47 bits per heavy atom. The third kappa shape index (κ3) is 2.65. The standard InChI is InChI=1S/C11H8BrNO3S/c1-6-4-2-3-5-7(6)16-11-13-9(12)8(17-11)10(14)15/h2-5H,1H3,(H,14,15). The lowest BCUT2D eigenvalue weighted by Gasteiger charge is -2.03. The van der Waals surface area contributed by atoms with Crippen molar-refractivity contribution >= 4 is 33.2 Å². The number of ether oxygens (including phenoxy) is 1. The molecule has 0 aliphatic carbocycles. The quantitative estimate of drug-likeness (QED) is 0.938. The molecule has 1 N–H and O–H groups in total. The smallest absolute Gasteiger partial charge is 0.348 e. The minimum atomic E-state index is -1.02. The molecular formula is C11H8BrNO3S.